The first kappa shape index (κ1) is 18.8. The Morgan fingerprint density at radius 1 is 1.00 bits per heavy atom. The van der Waals surface area contributed by atoms with E-state index in [2.05, 4.69) is 37.5 Å². The van der Waals surface area contributed by atoms with Gasteiger partial charge in [0, 0.05) is 19.0 Å². The Labute approximate surface area is 143 Å². The minimum atomic E-state index is 0.201. The number of hydrogen-bond donors (Lipinski definition) is 0. The topological polar surface area (TPSA) is 23.6 Å². The quantitative estimate of drug-likeness (QED) is 0.732. The van der Waals surface area contributed by atoms with Crippen molar-refractivity contribution in [2.24, 2.45) is 17.3 Å². The number of nitrogens with zero attached hydrogens (tertiary/aromatic N) is 2. The zero-order valence-electron chi connectivity index (χ0n) is 15.9. The van der Waals surface area contributed by atoms with Gasteiger partial charge in [0.25, 0.3) is 0 Å². The van der Waals surface area contributed by atoms with Crippen LogP contribution in [0.2, 0.25) is 0 Å². The van der Waals surface area contributed by atoms with Crippen LogP contribution in [0.1, 0.15) is 72.6 Å². The molecule has 1 spiro atoms. The average molecular weight is 323 g/mol. The largest absolute Gasteiger partial charge is 0.342 e. The summed E-state index contributed by atoms with van der Waals surface area (Å²) in [5.41, 5.74) is 0.542. The fourth-order valence-electron chi connectivity index (χ4n) is 4.16. The molecule has 0 bridgehead atoms. The van der Waals surface area contributed by atoms with Gasteiger partial charge in [0.05, 0.1) is 0 Å². The lowest BCUT2D eigenvalue weighted by Gasteiger charge is -2.47. The van der Waals surface area contributed by atoms with Crippen LogP contribution in [0.4, 0.5) is 0 Å². The summed E-state index contributed by atoms with van der Waals surface area (Å²) in [5, 5.41) is 0. The smallest absolute Gasteiger partial charge is 0.225 e. The third-order valence-corrected chi connectivity index (χ3v) is 6.34. The number of amides is 1. The van der Waals surface area contributed by atoms with E-state index in [1.807, 2.05) is 0 Å². The molecule has 0 aliphatic carbocycles. The molecule has 1 amide bonds. The molecular weight excluding hydrogens is 284 g/mol. The molecule has 1 atom stereocenters. The second kappa shape index (κ2) is 8.50. The summed E-state index contributed by atoms with van der Waals surface area (Å²) in [6.45, 7) is 14.7. The summed E-state index contributed by atoms with van der Waals surface area (Å²) in [6, 6.07) is 0. The van der Waals surface area contributed by atoms with E-state index in [4.69, 9.17) is 0 Å². The second-order valence-corrected chi connectivity index (χ2v) is 8.51. The number of hydrogen-bond acceptors (Lipinski definition) is 2. The van der Waals surface area contributed by atoms with Crippen LogP contribution in [0.3, 0.4) is 0 Å². The van der Waals surface area contributed by atoms with Crippen molar-refractivity contribution in [3.05, 3.63) is 0 Å². The number of carbonyl (C=O) groups excluding carboxylic acids is 1. The van der Waals surface area contributed by atoms with E-state index in [9.17, 15) is 4.79 Å². The van der Waals surface area contributed by atoms with Crippen molar-refractivity contribution >= 4 is 5.91 Å². The van der Waals surface area contributed by atoms with Gasteiger partial charge in [-0.25, -0.2) is 0 Å². The minimum absolute atomic E-state index is 0.201. The highest BCUT2D eigenvalue weighted by molar-refractivity contribution is 5.78. The lowest BCUT2D eigenvalue weighted by atomic mass is 9.71. The third kappa shape index (κ3) is 5.20. The van der Waals surface area contributed by atoms with Crippen molar-refractivity contribution in [2.45, 2.75) is 72.6 Å². The Morgan fingerprint density at radius 3 is 2.09 bits per heavy atom. The van der Waals surface area contributed by atoms with Crippen molar-refractivity contribution in [1.82, 2.24) is 9.80 Å². The predicted octanol–water partition coefficient (Wildman–Crippen LogP) is 4.17. The zero-order chi connectivity index (χ0) is 16.9. The lowest BCUT2D eigenvalue weighted by Crippen LogP contribution is -2.49. The number of piperidine rings is 2. The maximum atomic E-state index is 12.3. The molecular formula is C20H38N2O. The van der Waals surface area contributed by atoms with Crippen LogP contribution in [0.15, 0.2) is 0 Å². The number of carbonyl (C=O) groups is 1. The van der Waals surface area contributed by atoms with E-state index in [0.717, 1.165) is 25.4 Å². The minimum Gasteiger partial charge on any atom is -0.342 e. The molecule has 3 heteroatoms. The highest BCUT2D eigenvalue weighted by Crippen LogP contribution is 2.41. The zero-order valence-corrected chi connectivity index (χ0v) is 15.9. The van der Waals surface area contributed by atoms with Gasteiger partial charge < -0.3 is 9.80 Å². The Morgan fingerprint density at radius 2 is 1.57 bits per heavy atom. The van der Waals surface area contributed by atoms with Crippen molar-refractivity contribution in [2.75, 3.05) is 32.7 Å². The Hall–Kier alpha value is -0.570. The van der Waals surface area contributed by atoms with Gasteiger partial charge in [0.2, 0.25) is 5.91 Å². The van der Waals surface area contributed by atoms with Gasteiger partial charge in [0.15, 0.2) is 0 Å². The van der Waals surface area contributed by atoms with Gasteiger partial charge in [-0.05, 0) is 75.9 Å². The molecule has 0 aromatic rings. The molecule has 0 radical (unpaired) electrons. The highest BCUT2D eigenvalue weighted by atomic mass is 16.2. The highest BCUT2D eigenvalue weighted by Gasteiger charge is 2.38. The van der Waals surface area contributed by atoms with E-state index in [0.29, 0.717) is 11.3 Å². The van der Waals surface area contributed by atoms with Gasteiger partial charge >= 0.3 is 0 Å². The van der Waals surface area contributed by atoms with Crippen LogP contribution in [-0.4, -0.2) is 48.4 Å². The summed E-state index contributed by atoms with van der Waals surface area (Å²) in [4.78, 5) is 17.1. The van der Waals surface area contributed by atoms with Gasteiger partial charge in [-0.1, -0.05) is 27.7 Å². The van der Waals surface area contributed by atoms with Crippen molar-refractivity contribution in [1.29, 1.82) is 0 Å². The fraction of sp³-hybridized carbons (Fsp3) is 0.950. The van der Waals surface area contributed by atoms with Gasteiger partial charge in [-0.15, -0.1) is 0 Å². The van der Waals surface area contributed by atoms with Crippen molar-refractivity contribution in [3.63, 3.8) is 0 Å². The lowest BCUT2D eigenvalue weighted by molar-refractivity contribution is -0.138. The number of likely N-dealkylation sites (tertiary alicyclic amines) is 2. The molecule has 2 saturated heterocycles. The van der Waals surface area contributed by atoms with Crippen LogP contribution in [0.25, 0.3) is 0 Å². The molecule has 2 rings (SSSR count). The maximum Gasteiger partial charge on any atom is 0.225 e. The number of rotatable bonds is 6. The molecule has 2 aliphatic rings. The maximum absolute atomic E-state index is 12.3. The molecule has 23 heavy (non-hydrogen) atoms. The molecule has 2 heterocycles. The summed E-state index contributed by atoms with van der Waals surface area (Å²) in [7, 11) is 0. The SMILES string of the molecule is CCC(C)C(=O)N1CCC2(CCN(CCCC(C)C)CC2)CC1. The van der Waals surface area contributed by atoms with E-state index in [1.54, 1.807) is 0 Å². The first-order valence-electron chi connectivity index (χ1n) is 9.97. The van der Waals surface area contributed by atoms with Crippen molar-refractivity contribution < 1.29 is 4.79 Å². The Balaban J connectivity index is 1.72. The van der Waals surface area contributed by atoms with Crippen LogP contribution in [-0.2, 0) is 4.79 Å². The Bertz CT molecular complexity index is 362. The monoisotopic (exact) mass is 322 g/mol. The van der Waals surface area contributed by atoms with E-state index in [1.165, 1.54) is 58.2 Å². The summed E-state index contributed by atoms with van der Waals surface area (Å²) in [5.74, 6) is 1.42. The first-order chi connectivity index (χ1) is 11.0. The molecule has 0 N–H and O–H groups in total. The third-order valence-electron chi connectivity index (χ3n) is 6.34. The summed E-state index contributed by atoms with van der Waals surface area (Å²) < 4.78 is 0. The van der Waals surface area contributed by atoms with Crippen LogP contribution in [0, 0.1) is 17.3 Å². The first-order valence-corrected chi connectivity index (χ1v) is 9.97. The second-order valence-electron chi connectivity index (χ2n) is 8.51. The standard InChI is InChI=1S/C20H38N2O/c1-5-18(4)19(23)22-15-10-20(11-16-22)8-13-21(14-9-20)12-6-7-17(2)3/h17-18H,5-16H2,1-4H3. The van der Waals surface area contributed by atoms with E-state index >= 15 is 0 Å². The van der Waals surface area contributed by atoms with Crippen molar-refractivity contribution in [3.8, 4) is 0 Å². The molecule has 3 nitrogen and oxygen atoms in total. The summed E-state index contributed by atoms with van der Waals surface area (Å²) >= 11 is 0. The molecule has 2 fully saturated rings. The van der Waals surface area contributed by atoms with Gasteiger partial charge in [0.1, 0.15) is 0 Å². The molecule has 1 unspecified atom stereocenters. The van der Waals surface area contributed by atoms with Crippen LogP contribution < -0.4 is 0 Å². The van der Waals surface area contributed by atoms with Crippen LogP contribution >= 0.6 is 0 Å². The van der Waals surface area contributed by atoms with E-state index in [-0.39, 0.29) is 5.92 Å². The normalized spacial score (nSPS) is 23.4. The molecule has 2 aliphatic heterocycles. The molecule has 0 saturated carbocycles. The molecule has 0 aromatic carbocycles. The molecule has 134 valence electrons. The fourth-order valence-corrected chi connectivity index (χ4v) is 4.16. The van der Waals surface area contributed by atoms with Gasteiger partial charge in [-0.3, -0.25) is 4.79 Å². The molecule has 0 aromatic heterocycles. The predicted molar refractivity (Wildman–Crippen MR) is 97.4 cm³/mol. The van der Waals surface area contributed by atoms with E-state index < -0.39 is 0 Å². The van der Waals surface area contributed by atoms with Gasteiger partial charge in [-0.2, -0.15) is 0 Å². The summed E-state index contributed by atoms with van der Waals surface area (Å²) in [6.07, 6.45) is 8.83. The average Bonchev–Trinajstić information content (AvgIpc) is 2.56. The Kier molecular flexibility index (Phi) is 6.94. The van der Waals surface area contributed by atoms with Crippen LogP contribution in [0.5, 0.6) is 0 Å².